The minimum absolute atomic E-state index is 0.170. The molecular weight excluding hydrogens is 330 g/mol. The number of halogens is 1. The van der Waals surface area contributed by atoms with Gasteiger partial charge in [-0.2, -0.15) is 0 Å². The van der Waals surface area contributed by atoms with E-state index in [2.05, 4.69) is 36.5 Å². The van der Waals surface area contributed by atoms with Crippen LogP contribution in [-0.4, -0.2) is 12.5 Å². The van der Waals surface area contributed by atoms with Gasteiger partial charge in [0.15, 0.2) is 0 Å². The van der Waals surface area contributed by atoms with Crippen LogP contribution in [0.5, 0.6) is 0 Å². The van der Waals surface area contributed by atoms with Crippen LogP contribution in [-0.2, 0) is 16.6 Å². The van der Waals surface area contributed by atoms with E-state index in [-0.39, 0.29) is 11.3 Å². The Hall–Kier alpha value is -1.80. The number of hydrogen-bond donors (Lipinski definition) is 1. The molecule has 3 heteroatoms. The Morgan fingerprint density at radius 3 is 2.40 bits per heavy atom. The normalized spacial score (nSPS) is 16.4. The summed E-state index contributed by atoms with van der Waals surface area (Å²) < 4.78 is 0. The Labute approximate surface area is 155 Å². The van der Waals surface area contributed by atoms with Crippen LogP contribution in [0, 0.1) is 6.92 Å². The zero-order valence-corrected chi connectivity index (χ0v) is 15.6. The fourth-order valence-electron chi connectivity index (χ4n) is 3.86. The molecule has 1 aliphatic rings. The van der Waals surface area contributed by atoms with Crippen LogP contribution in [0.15, 0.2) is 48.5 Å². The molecule has 1 fully saturated rings. The van der Waals surface area contributed by atoms with Crippen LogP contribution in [0.2, 0.25) is 5.02 Å². The smallest absolute Gasteiger partial charge is 0.230 e. The maximum Gasteiger partial charge on any atom is 0.230 e. The monoisotopic (exact) mass is 355 g/mol. The molecule has 132 valence electrons. The number of amides is 1. The molecule has 1 aliphatic carbocycles. The van der Waals surface area contributed by atoms with Gasteiger partial charge < -0.3 is 5.32 Å². The molecule has 1 amide bonds. The third kappa shape index (κ3) is 4.07. The summed E-state index contributed by atoms with van der Waals surface area (Å²) in [4.78, 5) is 13.1. The van der Waals surface area contributed by atoms with E-state index < -0.39 is 0 Å². The summed E-state index contributed by atoms with van der Waals surface area (Å²) in [5, 5.41) is 3.95. The SMILES string of the molecule is Cc1ccc(C2(C(=O)NCCc3ccccc3Cl)CCCCC2)cc1. The van der Waals surface area contributed by atoms with Crippen LogP contribution in [0.3, 0.4) is 0 Å². The molecule has 1 saturated carbocycles. The quantitative estimate of drug-likeness (QED) is 0.783. The molecular formula is C22H26ClNO. The molecule has 0 aliphatic heterocycles. The van der Waals surface area contributed by atoms with E-state index in [0.717, 1.165) is 48.3 Å². The van der Waals surface area contributed by atoms with Crippen molar-refractivity contribution in [3.63, 3.8) is 0 Å². The van der Waals surface area contributed by atoms with Gasteiger partial charge in [0.2, 0.25) is 5.91 Å². The fourth-order valence-corrected chi connectivity index (χ4v) is 4.09. The first-order valence-electron chi connectivity index (χ1n) is 9.21. The summed E-state index contributed by atoms with van der Waals surface area (Å²) in [6, 6.07) is 16.3. The van der Waals surface area contributed by atoms with Crippen LogP contribution >= 0.6 is 11.6 Å². The summed E-state index contributed by atoms with van der Waals surface area (Å²) in [5.41, 5.74) is 3.10. The zero-order chi connectivity index (χ0) is 17.7. The molecule has 25 heavy (non-hydrogen) atoms. The second-order valence-corrected chi connectivity index (χ2v) is 7.51. The highest BCUT2D eigenvalue weighted by atomic mass is 35.5. The standard InChI is InChI=1S/C22H26ClNO/c1-17-9-11-19(12-10-17)22(14-5-2-6-15-22)21(25)24-16-13-18-7-3-4-8-20(18)23/h3-4,7-12H,2,5-6,13-16H2,1H3,(H,24,25). The van der Waals surface area contributed by atoms with Crippen LogP contribution in [0.1, 0.15) is 48.8 Å². The Kier molecular flexibility index (Phi) is 5.80. The van der Waals surface area contributed by atoms with Gasteiger partial charge in [-0.3, -0.25) is 4.79 Å². The lowest BCUT2D eigenvalue weighted by Gasteiger charge is -2.36. The molecule has 0 unspecified atom stereocenters. The van der Waals surface area contributed by atoms with Crippen molar-refractivity contribution in [3.8, 4) is 0 Å². The number of nitrogens with one attached hydrogen (secondary N) is 1. The van der Waals surface area contributed by atoms with Crippen molar-refractivity contribution in [1.29, 1.82) is 0 Å². The Bertz CT molecular complexity index is 717. The number of aryl methyl sites for hydroxylation is 1. The first-order chi connectivity index (χ1) is 12.1. The van der Waals surface area contributed by atoms with Crippen LogP contribution in [0.25, 0.3) is 0 Å². The summed E-state index contributed by atoms with van der Waals surface area (Å²) >= 11 is 6.21. The Morgan fingerprint density at radius 2 is 1.72 bits per heavy atom. The molecule has 0 bridgehead atoms. The molecule has 2 aromatic rings. The number of carbonyl (C=O) groups excluding carboxylic acids is 1. The topological polar surface area (TPSA) is 29.1 Å². The summed E-state index contributed by atoms with van der Waals surface area (Å²) in [5.74, 6) is 0.170. The molecule has 3 rings (SSSR count). The average Bonchev–Trinajstić information content (AvgIpc) is 2.64. The molecule has 0 aromatic heterocycles. The van der Waals surface area contributed by atoms with Gasteiger partial charge in [-0.25, -0.2) is 0 Å². The maximum atomic E-state index is 13.1. The third-order valence-electron chi connectivity index (χ3n) is 5.38. The van der Waals surface area contributed by atoms with Crippen molar-refractivity contribution in [1.82, 2.24) is 5.32 Å². The molecule has 0 atom stereocenters. The largest absolute Gasteiger partial charge is 0.355 e. The number of carbonyl (C=O) groups is 1. The van der Waals surface area contributed by atoms with Crippen LogP contribution < -0.4 is 5.32 Å². The lowest BCUT2D eigenvalue weighted by atomic mass is 9.68. The van der Waals surface area contributed by atoms with Gasteiger partial charge >= 0.3 is 0 Å². The molecule has 2 aromatic carbocycles. The Morgan fingerprint density at radius 1 is 1.04 bits per heavy atom. The average molecular weight is 356 g/mol. The van der Waals surface area contributed by atoms with E-state index in [0.29, 0.717) is 6.54 Å². The third-order valence-corrected chi connectivity index (χ3v) is 5.75. The van der Waals surface area contributed by atoms with Crippen LogP contribution in [0.4, 0.5) is 0 Å². The lowest BCUT2D eigenvalue weighted by molar-refractivity contribution is -0.128. The van der Waals surface area contributed by atoms with Crippen molar-refractivity contribution >= 4 is 17.5 Å². The first kappa shape index (κ1) is 18.0. The summed E-state index contributed by atoms with van der Waals surface area (Å²) in [6.07, 6.45) is 6.09. The first-order valence-corrected chi connectivity index (χ1v) is 9.58. The van der Waals surface area contributed by atoms with Crippen molar-refractivity contribution in [2.75, 3.05) is 6.54 Å². The minimum Gasteiger partial charge on any atom is -0.355 e. The van der Waals surface area contributed by atoms with E-state index in [1.165, 1.54) is 12.0 Å². The molecule has 0 saturated heterocycles. The van der Waals surface area contributed by atoms with Gasteiger partial charge in [0.05, 0.1) is 5.41 Å². The summed E-state index contributed by atoms with van der Waals surface area (Å²) in [7, 11) is 0. The molecule has 0 spiro atoms. The van der Waals surface area contributed by atoms with Crippen molar-refractivity contribution < 1.29 is 4.79 Å². The summed E-state index contributed by atoms with van der Waals surface area (Å²) in [6.45, 7) is 2.71. The highest BCUT2D eigenvalue weighted by Crippen LogP contribution is 2.39. The minimum atomic E-state index is -0.369. The second kappa shape index (κ2) is 8.05. The predicted octanol–water partition coefficient (Wildman–Crippen LogP) is 5.21. The number of benzene rings is 2. The zero-order valence-electron chi connectivity index (χ0n) is 14.9. The van der Waals surface area contributed by atoms with E-state index in [1.807, 2.05) is 24.3 Å². The maximum absolute atomic E-state index is 13.1. The van der Waals surface area contributed by atoms with Crippen molar-refractivity contribution in [2.45, 2.75) is 50.9 Å². The van der Waals surface area contributed by atoms with Gasteiger partial charge in [0.1, 0.15) is 0 Å². The molecule has 0 heterocycles. The predicted molar refractivity (Wildman–Crippen MR) is 104 cm³/mol. The van der Waals surface area contributed by atoms with E-state index in [9.17, 15) is 4.79 Å². The molecule has 1 N–H and O–H groups in total. The highest BCUT2D eigenvalue weighted by molar-refractivity contribution is 6.31. The van der Waals surface area contributed by atoms with E-state index in [4.69, 9.17) is 11.6 Å². The lowest BCUT2D eigenvalue weighted by Crippen LogP contribution is -2.46. The van der Waals surface area contributed by atoms with E-state index in [1.54, 1.807) is 0 Å². The van der Waals surface area contributed by atoms with Gasteiger partial charge in [-0.05, 0) is 43.4 Å². The second-order valence-electron chi connectivity index (χ2n) is 7.11. The number of rotatable bonds is 5. The fraction of sp³-hybridized carbons (Fsp3) is 0.409. The van der Waals surface area contributed by atoms with Gasteiger partial charge in [0, 0.05) is 11.6 Å². The van der Waals surface area contributed by atoms with Gasteiger partial charge in [0.25, 0.3) is 0 Å². The highest BCUT2D eigenvalue weighted by Gasteiger charge is 2.40. The van der Waals surface area contributed by atoms with Gasteiger partial charge in [-0.1, -0.05) is 78.9 Å². The van der Waals surface area contributed by atoms with Gasteiger partial charge in [-0.15, -0.1) is 0 Å². The van der Waals surface area contributed by atoms with Crippen molar-refractivity contribution in [2.24, 2.45) is 0 Å². The molecule has 2 nitrogen and oxygen atoms in total. The van der Waals surface area contributed by atoms with Crippen molar-refractivity contribution in [3.05, 3.63) is 70.2 Å². The van der Waals surface area contributed by atoms with E-state index >= 15 is 0 Å². The number of hydrogen-bond acceptors (Lipinski definition) is 1. The Balaban J connectivity index is 1.71. The molecule has 0 radical (unpaired) electrons.